The van der Waals surface area contributed by atoms with E-state index in [1.807, 2.05) is 0 Å². The first-order chi connectivity index (χ1) is 9.56. The summed E-state index contributed by atoms with van der Waals surface area (Å²) in [5.41, 5.74) is 0. The molecule has 2 aliphatic rings. The number of hydrogen-bond acceptors (Lipinski definition) is 4. The molecule has 1 unspecified atom stereocenters. The lowest BCUT2D eigenvalue weighted by Gasteiger charge is -2.32. The number of amides is 2. The summed E-state index contributed by atoms with van der Waals surface area (Å²) in [7, 11) is 0. The van der Waals surface area contributed by atoms with Gasteiger partial charge in [0, 0.05) is 44.8 Å². The van der Waals surface area contributed by atoms with Crippen molar-refractivity contribution in [1.29, 1.82) is 0 Å². The summed E-state index contributed by atoms with van der Waals surface area (Å²) in [6.07, 6.45) is 2.20. The summed E-state index contributed by atoms with van der Waals surface area (Å²) in [6.45, 7) is 2.44. The van der Waals surface area contributed by atoms with E-state index in [0.29, 0.717) is 26.1 Å². The first kappa shape index (κ1) is 15.2. The van der Waals surface area contributed by atoms with Crippen molar-refractivity contribution >= 4 is 28.9 Å². The van der Waals surface area contributed by atoms with Crippen molar-refractivity contribution in [3.05, 3.63) is 0 Å². The summed E-state index contributed by atoms with van der Waals surface area (Å²) in [6, 6.07) is 0. The Balaban J connectivity index is 1.76. The van der Waals surface area contributed by atoms with Gasteiger partial charge in [0.05, 0.1) is 0 Å². The fourth-order valence-electron chi connectivity index (χ4n) is 2.72. The number of aliphatic carboxylic acids is 1. The molecule has 2 saturated heterocycles. The van der Waals surface area contributed by atoms with E-state index in [9.17, 15) is 14.4 Å². The summed E-state index contributed by atoms with van der Waals surface area (Å²) >= 11 is 1.30. The zero-order valence-electron chi connectivity index (χ0n) is 11.4. The van der Waals surface area contributed by atoms with Crippen LogP contribution in [0.25, 0.3) is 0 Å². The third-order valence-corrected chi connectivity index (χ3v) is 4.67. The van der Waals surface area contributed by atoms with Gasteiger partial charge in [-0.25, -0.2) is 0 Å². The molecule has 0 aliphatic carbocycles. The lowest BCUT2D eigenvalue weighted by atomic mass is 9.94. The van der Waals surface area contributed by atoms with Crippen LogP contribution in [0.5, 0.6) is 0 Å². The minimum Gasteiger partial charge on any atom is -0.481 e. The van der Waals surface area contributed by atoms with Crippen LogP contribution >= 0.6 is 11.8 Å². The smallest absolute Gasteiger partial charge is 0.303 e. The van der Waals surface area contributed by atoms with Gasteiger partial charge in [0.25, 0.3) is 5.24 Å². The molecule has 20 heavy (non-hydrogen) atoms. The molecule has 6 nitrogen and oxygen atoms in total. The highest BCUT2D eigenvalue weighted by molar-refractivity contribution is 8.13. The standard InChI is InChI=1S/C13H20N2O4S/c16-11(3-5-14-6-7-20-13(14)19)15-4-1-2-10(9-15)8-12(17)18/h10H,1-9H2,(H,17,18). The highest BCUT2D eigenvalue weighted by atomic mass is 32.2. The summed E-state index contributed by atoms with van der Waals surface area (Å²) < 4.78 is 0. The predicted octanol–water partition coefficient (Wildman–Crippen LogP) is 1.26. The van der Waals surface area contributed by atoms with Crippen molar-refractivity contribution in [1.82, 2.24) is 9.80 Å². The van der Waals surface area contributed by atoms with Crippen molar-refractivity contribution in [2.45, 2.75) is 25.7 Å². The van der Waals surface area contributed by atoms with Crippen molar-refractivity contribution < 1.29 is 19.5 Å². The van der Waals surface area contributed by atoms with Crippen molar-refractivity contribution in [3.63, 3.8) is 0 Å². The maximum Gasteiger partial charge on any atom is 0.303 e. The molecule has 7 heteroatoms. The number of piperidine rings is 1. The SMILES string of the molecule is O=C(O)CC1CCCN(C(=O)CCN2CCSC2=O)C1. The number of hydrogen-bond donors (Lipinski definition) is 1. The van der Waals surface area contributed by atoms with Gasteiger partial charge in [0.15, 0.2) is 0 Å². The normalized spacial score (nSPS) is 23.2. The first-order valence-electron chi connectivity index (χ1n) is 6.97. The fourth-order valence-corrected chi connectivity index (χ4v) is 3.57. The monoisotopic (exact) mass is 300 g/mol. The third kappa shape index (κ3) is 4.13. The average molecular weight is 300 g/mol. The van der Waals surface area contributed by atoms with Crippen LogP contribution in [0, 0.1) is 5.92 Å². The van der Waals surface area contributed by atoms with Gasteiger partial charge in [-0.1, -0.05) is 11.8 Å². The van der Waals surface area contributed by atoms with Gasteiger partial charge in [-0.05, 0) is 18.8 Å². The lowest BCUT2D eigenvalue weighted by Crippen LogP contribution is -2.41. The number of carboxylic acid groups (broad SMARTS) is 1. The Bertz CT molecular complexity index is 402. The largest absolute Gasteiger partial charge is 0.481 e. The van der Waals surface area contributed by atoms with Crippen LogP contribution < -0.4 is 0 Å². The molecule has 2 heterocycles. The molecule has 2 amide bonds. The van der Waals surface area contributed by atoms with E-state index >= 15 is 0 Å². The minimum atomic E-state index is -0.802. The Morgan fingerprint density at radius 1 is 1.35 bits per heavy atom. The molecule has 0 spiro atoms. The summed E-state index contributed by atoms with van der Waals surface area (Å²) in [4.78, 5) is 37.8. The van der Waals surface area contributed by atoms with Gasteiger partial charge in [-0.3, -0.25) is 14.4 Å². The van der Waals surface area contributed by atoms with E-state index in [0.717, 1.165) is 25.1 Å². The molecule has 0 bridgehead atoms. The molecule has 0 saturated carbocycles. The molecular formula is C13H20N2O4S. The molecule has 0 aromatic rings. The first-order valence-corrected chi connectivity index (χ1v) is 7.96. The van der Waals surface area contributed by atoms with Gasteiger partial charge in [0.2, 0.25) is 5.91 Å². The van der Waals surface area contributed by atoms with Crippen LogP contribution in [0.15, 0.2) is 0 Å². The average Bonchev–Trinajstić information content (AvgIpc) is 2.81. The third-order valence-electron chi connectivity index (χ3n) is 3.78. The van der Waals surface area contributed by atoms with Crippen LogP contribution in [0.2, 0.25) is 0 Å². The van der Waals surface area contributed by atoms with E-state index in [1.165, 1.54) is 11.8 Å². The molecule has 112 valence electrons. The molecule has 1 atom stereocenters. The maximum atomic E-state index is 12.1. The van der Waals surface area contributed by atoms with Crippen LogP contribution in [0.1, 0.15) is 25.7 Å². The van der Waals surface area contributed by atoms with E-state index in [-0.39, 0.29) is 23.5 Å². The van der Waals surface area contributed by atoms with Crippen LogP contribution in [-0.4, -0.2) is 64.0 Å². The maximum absolute atomic E-state index is 12.1. The molecule has 2 aliphatic heterocycles. The number of carbonyl (C=O) groups excluding carboxylic acids is 2. The number of rotatable bonds is 5. The molecule has 1 N–H and O–H groups in total. The number of thioether (sulfide) groups is 1. The van der Waals surface area contributed by atoms with E-state index < -0.39 is 5.97 Å². The van der Waals surface area contributed by atoms with Gasteiger partial charge in [0.1, 0.15) is 0 Å². The van der Waals surface area contributed by atoms with Gasteiger partial charge >= 0.3 is 5.97 Å². The zero-order valence-corrected chi connectivity index (χ0v) is 12.2. The molecule has 0 radical (unpaired) electrons. The quantitative estimate of drug-likeness (QED) is 0.827. The zero-order chi connectivity index (χ0) is 14.5. The van der Waals surface area contributed by atoms with Crippen molar-refractivity contribution in [2.24, 2.45) is 5.92 Å². The Morgan fingerprint density at radius 3 is 2.80 bits per heavy atom. The number of likely N-dealkylation sites (tertiary alicyclic amines) is 1. The van der Waals surface area contributed by atoms with Gasteiger partial charge in [-0.2, -0.15) is 0 Å². The summed E-state index contributed by atoms with van der Waals surface area (Å²) in [5.74, 6) is 0.0974. The van der Waals surface area contributed by atoms with Crippen LogP contribution in [0.4, 0.5) is 4.79 Å². The second-order valence-electron chi connectivity index (χ2n) is 5.30. The molecule has 0 aromatic carbocycles. The number of carboxylic acids is 1. The number of carbonyl (C=O) groups is 3. The van der Waals surface area contributed by atoms with Crippen molar-refractivity contribution in [2.75, 3.05) is 31.9 Å². The van der Waals surface area contributed by atoms with E-state index in [1.54, 1.807) is 9.80 Å². The highest BCUT2D eigenvalue weighted by Gasteiger charge is 2.26. The molecule has 0 aromatic heterocycles. The summed E-state index contributed by atoms with van der Waals surface area (Å²) in [5, 5.41) is 8.87. The highest BCUT2D eigenvalue weighted by Crippen LogP contribution is 2.21. The second kappa shape index (κ2) is 6.97. The Kier molecular flexibility index (Phi) is 5.28. The molecular weight excluding hydrogens is 280 g/mol. The molecule has 2 fully saturated rings. The number of nitrogens with zero attached hydrogens (tertiary/aromatic N) is 2. The Hall–Kier alpha value is -1.24. The van der Waals surface area contributed by atoms with Crippen molar-refractivity contribution in [3.8, 4) is 0 Å². The minimum absolute atomic E-state index is 0.0322. The fraction of sp³-hybridized carbons (Fsp3) is 0.769. The topological polar surface area (TPSA) is 77.9 Å². The predicted molar refractivity (Wildman–Crippen MR) is 75.6 cm³/mol. The van der Waals surface area contributed by atoms with E-state index in [4.69, 9.17) is 5.11 Å². The second-order valence-corrected chi connectivity index (χ2v) is 6.34. The van der Waals surface area contributed by atoms with Gasteiger partial charge < -0.3 is 14.9 Å². The Labute approximate surface area is 122 Å². The van der Waals surface area contributed by atoms with Crippen LogP contribution in [0.3, 0.4) is 0 Å². The van der Waals surface area contributed by atoms with Gasteiger partial charge in [-0.15, -0.1) is 0 Å². The molecule has 2 rings (SSSR count). The lowest BCUT2D eigenvalue weighted by molar-refractivity contribution is -0.140. The Morgan fingerprint density at radius 2 is 2.15 bits per heavy atom. The van der Waals surface area contributed by atoms with E-state index in [2.05, 4.69) is 0 Å². The van der Waals surface area contributed by atoms with Crippen LogP contribution in [-0.2, 0) is 9.59 Å².